The van der Waals surface area contributed by atoms with Crippen LogP contribution in [-0.4, -0.2) is 75.8 Å². The van der Waals surface area contributed by atoms with E-state index < -0.39 is 66.9 Å². The maximum atomic E-state index is 12.5. The average Bonchev–Trinajstić information content (AvgIpc) is 2.71. The fraction of sp³-hybridized carbons (Fsp3) is 0.421. The lowest BCUT2D eigenvalue weighted by atomic mass is 10.1. The summed E-state index contributed by atoms with van der Waals surface area (Å²) in [6.45, 7) is 0.295. The first-order valence-corrected chi connectivity index (χ1v) is 9.31. The van der Waals surface area contributed by atoms with Crippen LogP contribution in [0.2, 0.25) is 0 Å². The molecule has 0 fully saturated rings. The van der Waals surface area contributed by atoms with Crippen LogP contribution in [0, 0.1) is 0 Å². The molecule has 0 spiro atoms. The topological polar surface area (TPSA) is 208 Å². The number of aliphatic hydroxyl groups is 1. The van der Waals surface area contributed by atoms with Crippen molar-refractivity contribution in [2.24, 2.45) is 5.73 Å². The van der Waals surface area contributed by atoms with E-state index in [-0.39, 0.29) is 6.42 Å². The molecule has 0 heterocycles. The molecule has 4 atom stereocenters. The van der Waals surface area contributed by atoms with E-state index in [1.165, 1.54) is 6.92 Å². The summed E-state index contributed by atoms with van der Waals surface area (Å²) in [5, 5.41) is 33.6. The van der Waals surface area contributed by atoms with E-state index in [1.807, 2.05) is 0 Å². The minimum atomic E-state index is -1.58. The number of hydrogen-bond donors (Lipinski definition) is 7. The molecular formula is C19H26N4O8. The monoisotopic (exact) mass is 438 g/mol. The van der Waals surface area contributed by atoms with Gasteiger partial charge in [0.1, 0.15) is 18.1 Å². The molecule has 170 valence electrons. The summed E-state index contributed by atoms with van der Waals surface area (Å²) in [7, 11) is 0. The standard InChI is InChI=1S/C19H26N4O8/c1-10(19(30)31)21-18(29)14(9-24)23-17(28)13(8-15(25)26)22-16(27)12(20)7-11-5-3-2-4-6-11/h2-6,10,12-14,24H,7-9,20H2,1H3,(H,21,29)(H,22,27)(H,23,28)(H,25,26)(H,30,31). The Kier molecular flexibility index (Phi) is 10.1. The second-order valence-electron chi connectivity index (χ2n) is 6.77. The van der Waals surface area contributed by atoms with E-state index in [9.17, 15) is 29.1 Å². The van der Waals surface area contributed by atoms with Crippen LogP contribution in [0.1, 0.15) is 18.9 Å². The van der Waals surface area contributed by atoms with Crippen LogP contribution in [0.25, 0.3) is 0 Å². The van der Waals surface area contributed by atoms with Gasteiger partial charge in [0.15, 0.2) is 0 Å². The molecule has 12 heteroatoms. The minimum Gasteiger partial charge on any atom is -0.481 e. The minimum absolute atomic E-state index is 0.142. The van der Waals surface area contributed by atoms with Crippen molar-refractivity contribution in [1.29, 1.82) is 0 Å². The molecule has 0 saturated heterocycles. The van der Waals surface area contributed by atoms with Crippen LogP contribution in [-0.2, 0) is 30.4 Å². The van der Waals surface area contributed by atoms with E-state index >= 15 is 0 Å². The maximum Gasteiger partial charge on any atom is 0.325 e. The molecule has 1 rings (SSSR count). The molecule has 12 nitrogen and oxygen atoms in total. The molecule has 1 aromatic rings. The summed E-state index contributed by atoms with van der Waals surface area (Å²) in [4.78, 5) is 58.8. The molecular weight excluding hydrogens is 412 g/mol. The van der Waals surface area contributed by atoms with Crippen molar-refractivity contribution in [3.8, 4) is 0 Å². The zero-order chi connectivity index (χ0) is 23.6. The van der Waals surface area contributed by atoms with Crippen molar-refractivity contribution in [3.63, 3.8) is 0 Å². The van der Waals surface area contributed by atoms with Gasteiger partial charge in [0.05, 0.1) is 19.1 Å². The highest BCUT2D eigenvalue weighted by Gasteiger charge is 2.30. The predicted molar refractivity (Wildman–Crippen MR) is 107 cm³/mol. The lowest BCUT2D eigenvalue weighted by Gasteiger charge is -2.23. The van der Waals surface area contributed by atoms with Gasteiger partial charge in [-0.1, -0.05) is 30.3 Å². The van der Waals surface area contributed by atoms with Gasteiger partial charge in [-0.05, 0) is 18.9 Å². The Balaban J connectivity index is 2.80. The zero-order valence-corrected chi connectivity index (χ0v) is 16.8. The summed E-state index contributed by atoms with van der Waals surface area (Å²) in [6.07, 6.45) is -0.663. The predicted octanol–water partition coefficient (Wildman–Crippen LogP) is -2.42. The third kappa shape index (κ3) is 8.80. The average molecular weight is 438 g/mol. The highest BCUT2D eigenvalue weighted by molar-refractivity contribution is 5.95. The van der Waals surface area contributed by atoms with E-state index in [2.05, 4.69) is 16.0 Å². The maximum absolute atomic E-state index is 12.5. The van der Waals surface area contributed by atoms with Gasteiger partial charge in [-0.3, -0.25) is 24.0 Å². The molecule has 4 unspecified atom stereocenters. The Morgan fingerprint density at radius 2 is 1.45 bits per heavy atom. The van der Waals surface area contributed by atoms with E-state index in [0.717, 1.165) is 5.56 Å². The van der Waals surface area contributed by atoms with Gasteiger partial charge in [-0.15, -0.1) is 0 Å². The largest absolute Gasteiger partial charge is 0.481 e. The Bertz CT molecular complexity index is 801. The van der Waals surface area contributed by atoms with E-state index in [0.29, 0.717) is 0 Å². The Morgan fingerprint density at radius 1 is 0.903 bits per heavy atom. The van der Waals surface area contributed by atoms with Crippen molar-refractivity contribution in [2.45, 2.75) is 43.9 Å². The summed E-state index contributed by atoms with van der Waals surface area (Å²) in [6, 6.07) is 3.30. The smallest absolute Gasteiger partial charge is 0.325 e. The number of carboxylic acids is 2. The van der Waals surface area contributed by atoms with Gasteiger partial charge in [-0.25, -0.2) is 0 Å². The quantitative estimate of drug-likeness (QED) is 0.185. The molecule has 0 saturated carbocycles. The summed E-state index contributed by atoms with van der Waals surface area (Å²) < 4.78 is 0. The molecule has 31 heavy (non-hydrogen) atoms. The van der Waals surface area contributed by atoms with Crippen LogP contribution >= 0.6 is 0 Å². The number of hydrogen-bond acceptors (Lipinski definition) is 7. The molecule has 3 amide bonds. The molecule has 8 N–H and O–H groups in total. The van der Waals surface area contributed by atoms with Crippen molar-refractivity contribution < 1.29 is 39.3 Å². The number of benzene rings is 1. The van der Waals surface area contributed by atoms with Crippen molar-refractivity contribution in [3.05, 3.63) is 35.9 Å². The normalized spacial score (nSPS) is 14.4. The first-order valence-electron chi connectivity index (χ1n) is 9.31. The lowest BCUT2D eigenvalue weighted by molar-refractivity contribution is -0.143. The number of carbonyl (C=O) groups excluding carboxylic acids is 3. The summed E-state index contributed by atoms with van der Waals surface area (Å²) in [5.41, 5.74) is 6.59. The lowest BCUT2D eigenvalue weighted by Crippen LogP contribution is -2.58. The Hall–Kier alpha value is -3.51. The summed E-state index contributed by atoms with van der Waals surface area (Å²) >= 11 is 0. The first-order chi connectivity index (χ1) is 14.5. The van der Waals surface area contributed by atoms with Crippen LogP contribution in [0.5, 0.6) is 0 Å². The van der Waals surface area contributed by atoms with Crippen molar-refractivity contribution in [1.82, 2.24) is 16.0 Å². The van der Waals surface area contributed by atoms with Gasteiger partial charge >= 0.3 is 11.9 Å². The highest BCUT2D eigenvalue weighted by Crippen LogP contribution is 2.03. The number of nitrogens with one attached hydrogen (secondary N) is 3. The second kappa shape index (κ2) is 12.2. The number of aliphatic carboxylic acids is 2. The van der Waals surface area contributed by atoms with Crippen LogP contribution in [0.4, 0.5) is 0 Å². The van der Waals surface area contributed by atoms with E-state index in [1.54, 1.807) is 30.3 Å². The molecule has 0 aliphatic rings. The van der Waals surface area contributed by atoms with Gasteiger partial charge in [0.25, 0.3) is 0 Å². The number of aliphatic hydroxyl groups excluding tert-OH is 1. The van der Waals surface area contributed by atoms with Gasteiger partial charge < -0.3 is 37.0 Å². The number of carboxylic acid groups (broad SMARTS) is 2. The van der Waals surface area contributed by atoms with Gasteiger partial charge in [0, 0.05) is 0 Å². The van der Waals surface area contributed by atoms with Crippen molar-refractivity contribution >= 4 is 29.7 Å². The van der Waals surface area contributed by atoms with E-state index in [4.69, 9.17) is 15.9 Å². The highest BCUT2D eigenvalue weighted by atomic mass is 16.4. The zero-order valence-electron chi connectivity index (χ0n) is 16.8. The number of carbonyl (C=O) groups is 5. The molecule has 0 aliphatic heterocycles. The van der Waals surface area contributed by atoms with Gasteiger partial charge in [0.2, 0.25) is 17.7 Å². The fourth-order valence-corrected chi connectivity index (χ4v) is 2.47. The molecule has 0 aromatic heterocycles. The number of nitrogens with two attached hydrogens (primary N) is 1. The molecule has 0 radical (unpaired) electrons. The second-order valence-corrected chi connectivity index (χ2v) is 6.77. The summed E-state index contributed by atoms with van der Waals surface area (Å²) in [5.74, 6) is -5.57. The third-order valence-corrected chi connectivity index (χ3v) is 4.19. The third-order valence-electron chi connectivity index (χ3n) is 4.19. The molecule has 1 aromatic carbocycles. The Labute approximate surface area is 177 Å². The first kappa shape index (κ1) is 25.5. The number of rotatable bonds is 12. The molecule has 0 aliphatic carbocycles. The molecule has 0 bridgehead atoms. The fourth-order valence-electron chi connectivity index (χ4n) is 2.47. The van der Waals surface area contributed by atoms with Gasteiger partial charge in [-0.2, -0.15) is 0 Å². The Morgan fingerprint density at radius 3 is 1.97 bits per heavy atom. The van der Waals surface area contributed by atoms with Crippen molar-refractivity contribution in [2.75, 3.05) is 6.61 Å². The van der Waals surface area contributed by atoms with Crippen LogP contribution < -0.4 is 21.7 Å². The number of amides is 3. The van der Waals surface area contributed by atoms with Crippen LogP contribution in [0.15, 0.2) is 30.3 Å². The SMILES string of the molecule is CC(NC(=O)C(CO)NC(=O)C(CC(=O)O)NC(=O)C(N)Cc1ccccc1)C(=O)O. The van der Waals surface area contributed by atoms with Crippen LogP contribution in [0.3, 0.4) is 0 Å².